The number of ether oxygens (including phenoxy) is 1. The van der Waals surface area contributed by atoms with E-state index in [0.717, 1.165) is 13.2 Å². The molecule has 2 unspecified atom stereocenters. The Morgan fingerprint density at radius 1 is 1.10 bits per heavy atom. The van der Waals surface area contributed by atoms with Crippen LogP contribution in [-0.2, 0) is 4.74 Å². The van der Waals surface area contributed by atoms with Crippen LogP contribution in [-0.4, -0.2) is 37.7 Å². The third-order valence-corrected chi connectivity index (χ3v) is 5.08. The summed E-state index contributed by atoms with van der Waals surface area (Å²) >= 11 is 0. The predicted molar refractivity (Wildman–Crippen MR) is 90.2 cm³/mol. The normalized spacial score (nSPS) is 27.8. The zero-order valence-corrected chi connectivity index (χ0v) is 14.1. The van der Waals surface area contributed by atoms with Gasteiger partial charge in [-0.25, -0.2) is 0 Å². The standard InChI is InChI=1S/C18H27NO.ClH/c1-19(2)13-16-14-20-18(11-7-4-8-12-18)17(16)15-9-5-3-6-10-15;/h3,5-6,9-10,16-17H,4,7-8,11-14H2,1-2H3;1H. The summed E-state index contributed by atoms with van der Waals surface area (Å²) in [6, 6.07) is 11.1. The SMILES string of the molecule is CN(C)CC1COC2(CCCCC2)C1c1ccccc1.Cl. The molecule has 2 nitrogen and oxygen atoms in total. The van der Waals surface area contributed by atoms with Gasteiger partial charge in [0.25, 0.3) is 0 Å². The molecule has 1 spiro atoms. The van der Waals surface area contributed by atoms with Crippen LogP contribution in [0.2, 0.25) is 0 Å². The van der Waals surface area contributed by atoms with E-state index in [9.17, 15) is 0 Å². The molecule has 1 aromatic carbocycles. The van der Waals surface area contributed by atoms with Crippen molar-refractivity contribution in [2.45, 2.75) is 43.6 Å². The minimum absolute atomic E-state index is 0. The van der Waals surface area contributed by atoms with E-state index in [1.165, 1.54) is 37.7 Å². The number of hydrogen-bond donors (Lipinski definition) is 0. The van der Waals surface area contributed by atoms with Crippen molar-refractivity contribution in [3.8, 4) is 0 Å². The molecule has 21 heavy (non-hydrogen) atoms. The summed E-state index contributed by atoms with van der Waals surface area (Å²) in [7, 11) is 4.35. The van der Waals surface area contributed by atoms with E-state index in [0.29, 0.717) is 11.8 Å². The average molecular weight is 310 g/mol. The van der Waals surface area contributed by atoms with Gasteiger partial charge >= 0.3 is 0 Å². The van der Waals surface area contributed by atoms with Crippen LogP contribution in [0.3, 0.4) is 0 Å². The lowest BCUT2D eigenvalue weighted by atomic mass is 9.69. The lowest BCUT2D eigenvalue weighted by Gasteiger charge is -2.39. The van der Waals surface area contributed by atoms with Gasteiger partial charge in [0.2, 0.25) is 0 Å². The van der Waals surface area contributed by atoms with E-state index in [1.807, 2.05) is 0 Å². The zero-order chi connectivity index (χ0) is 14.0. The van der Waals surface area contributed by atoms with Gasteiger partial charge in [-0.1, -0.05) is 49.6 Å². The minimum atomic E-state index is 0. The Kier molecular flexibility index (Phi) is 5.70. The third-order valence-electron chi connectivity index (χ3n) is 5.08. The topological polar surface area (TPSA) is 12.5 Å². The highest BCUT2D eigenvalue weighted by atomic mass is 35.5. The molecule has 0 amide bonds. The molecule has 1 heterocycles. The second kappa shape index (κ2) is 7.13. The Hall–Kier alpha value is -0.570. The maximum absolute atomic E-state index is 6.44. The highest BCUT2D eigenvalue weighted by molar-refractivity contribution is 5.85. The Morgan fingerprint density at radius 3 is 2.38 bits per heavy atom. The predicted octanol–water partition coefficient (Wildman–Crippen LogP) is 4.10. The van der Waals surface area contributed by atoms with Crippen molar-refractivity contribution < 1.29 is 4.74 Å². The molecule has 2 fully saturated rings. The fourth-order valence-corrected chi connectivity index (χ4v) is 4.36. The fourth-order valence-electron chi connectivity index (χ4n) is 4.36. The van der Waals surface area contributed by atoms with Gasteiger partial charge in [0.15, 0.2) is 0 Å². The molecule has 3 heteroatoms. The Morgan fingerprint density at radius 2 is 1.76 bits per heavy atom. The quantitative estimate of drug-likeness (QED) is 0.833. The van der Waals surface area contributed by atoms with Gasteiger partial charge in [0.1, 0.15) is 0 Å². The van der Waals surface area contributed by atoms with Gasteiger partial charge in [-0.2, -0.15) is 0 Å². The van der Waals surface area contributed by atoms with Crippen molar-refractivity contribution in [2.24, 2.45) is 5.92 Å². The van der Waals surface area contributed by atoms with Gasteiger partial charge in [-0.15, -0.1) is 12.4 Å². The van der Waals surface area contributed by atoms with Gasteiger partial charge < -0.3 is 9.64 Å². The lowest BCUT2D eigenvalue weighted by Crippen LogP contribution is -2.39. The molecule has 0 radical (unpaired) electrons. The summed E-state index contributed by atoms with van der Waals surface area (Å²) in [6.07, 6.45) is 6.54. The Balaban J connectivity index is 0.00000161. The molecule has 118 valence electrons. The monoisotopic (exact) mass is 309 g/mol. The summed E-state index contributed by atoms with van der Waals surface area (Å²) in [4.78, 5) is 2.31. The van der Waals surface area contributed by atoms with Crippen LogP contribution in [0.25, 0.3) is 0 Å². The van der Waals surface area contributed by atoms with Crippen molar-refractivity contribution in [2.75, 3.05) is 27.2 Å². The highest BCUT2D eigenvalue weighted by Gasteiger charge is 2.50. The largest absolute Gasteiger partial charge is 0.374 e. The minimum Gasteiger partial charge on any atom is -0.374 e. The van der Waals surface area contributed by atoms with Crippen LogP contribution in [0.15, 0.2) is 30.3 Å². The molecule has 0 aromatic heterocycles. The number of halogens is 1. The molecule has 1 aliphatic heterocycles. The lowest BCUT2D eigenvalue weighted by molar-refractivity contribution is -0.0341. The summed E-state index contributed by atoms with van der Waals surface area (Å²) in [5.41, 5.74) is 1.61. The average Bonchev–Trinajstić information content (AvgIpc) is 2.78. The van der Waals surface area contributed by atoms with E-state index in [-0.39, 0.29) is 18.0 Å². The van der Waals surface area contributed by atoms with Gasteiger partial charge in [-0.05, 0) is 32.5 Å². The van der Waals surface area contributed by atoms with Crippen molar-refractivity contribution in [1.82, 2.24) is 4.90 Å². The maximum Gasteiger partial charge on any atom is 0.0754 e. The molecular weight excluding hydrogens is 282 g/mol. The van der Waals surface area contributed by atoms with Crippen LogP contribution < -0.4 is 0 Å². The molecule has 2 aliphatic rings. The van der Waals surface area contributed by atoms with Crippen molar-refractivity contribution >= 4 is 12.4 Å². The van der Waals surface area contributed by atoms with E-state index >= 15 is 0 Å². The number of hydrogen-bond acceptors (Lipinski definition) is 2. The Labute approximate surface area is 135 Å². The van der Waals surface area contributed by atoms with Crippen LogP contribution >= 0.6 is 12.4 Å². The second-order valence-electron chi connectivity index (χ2n) is 6.85. The third kappa shape index (κ3) is 3.44. The zero-order valence-electron chi connectivity index (χ0n) is 13.3. The number of nitrogens with zero attached hydrogens (tertiary/aromatic N) is 1. The first-order valence-electron chi connectivity index (χ1n) is 8.05. The number of benzene rings is 1. The summed E-state index contributed by atoms with van der Waals surface area (Å²) in [5, 5.41) is 0. The van der Waals surface area contributed by atoms with Gasteiger partial charge in [-0.3, -0.25) is 0 Å². The molecule has 0 bridgehead atoms. The Bertz CT molecular complexity index is 428. The van der Waals surface area contributed by atoms with Gasteiger partial charge in [0, 0.05) is 18.4 Å². The fraction of sp³-hybridized carbons (Fsp3) is 0.667. The molecule has 1 saturated heterocycles. The van der Waals surface area contributed by atoms with Crippen LogP contribution in [0, 0.1) is 5.92 Å². The van der Waals surface area contributed by atoms with Crippen molar-refractivity contribution in [3.63, 3.8) is 0 Å². The van der Waals surface area contributed by atoms with E-state index < -0.39 is 0 Å². The molecule has 2 atom stereocenters. The first-order chi connectivity index (χ1) is 9.71. The van der Waals surface area contributed by atoms with E-state index in [1.54, 1.807) is 0 Å². The molecule has 1 saturated carbocycles. The van der Waals surface area contributed by atoms with Crippen LogP contribution in [0.5, 0.6) is 0 Å². The van der Waals surface area contributed by atoms with Crippen molar-refractivity contribution in [1.29, 1.82) is 0 Å². The summed E-state index contributed by atoms with van der Waals surface area (Å²) in [5.74, 6) is 1.21. The molecule has 1 aromatic rings. The van der Waals surface area contributed by atoms with Gasteiger partial charge in [0.05, 0.1) is 12.2 Å². The second-order valence-corrected chi connectivity index (χ2v) is 6.85. The smallest absolute Gasteiger partial charge is 0.0754 e. The molecule has 1 aliphatic carbocycles. The van der Waals surface area contributed by atoms with Crippen molar-refractivity contribution in [3.05, 3.63) is 35.9 Å². The molecule has 3 rings (SSSR count). The van der Waals surface area contributed by atoms with Crippen LogP contribution in [0.1, 0.15) is 43.6 Å². The molecular formula is C18H28ClNO. The van der Waals surface area contributed by atoms with E-state index in [2.05, 4.69) is 49.3 Å². The molecule has 0 N–H and O–H groups in total. The number of rotatable bonds is 3. The summed E-state index contributed by atoms with van der Waals surface area (Å²) in [6.45, 7) is 2.05. The maximum atomic E-state index is 6.44. The highest BCUT2D eigenvalue weighted by Crippen LogP contribution is 2.51. The van der Waals surface area contributed by atoms with E-state index in [4.69, 9.17) is 4.74 Å². The first-order valence-corrected chi connectivity index (χ1v) is 8.05. The first kappa shape index (κ1) is 16.8. The van der Waals surface area contributed by atoms with Crippen LogP contribution in [0.4, 0.5) is 0 Å². The summed E-state index contributed by atoms with van der Waals surface area (Å²) < 4.78 is 6.44.